The van der Waals surface area contributed by atoms with Crippen molar-refractivity contribution in [3.05, 3.63) is 0 Å². The normalized spacial score (nSPS) is 46.9. The molecule has 0 aromatic heterocycles. The smallest absolute Gasteiger partial charge is 0.234 e. The second-order valence-electron chi connectivity index (χ2n) is 6.47. The van der Waals surface area contributed by atoms with E-state index in [2.05, 4.69) is 5.32 Å². The van der Waals surface area contributed by atoms with Crippen LogP contribution in [0.5, 0.6) is 0 Å². The van der Waals surface area contributed by atoms with Crippen LogP contribution in [0.3, 0.4) is 0 Å². The Morgan fingerprint density at radius 1 is 1.19 bits per heavy atom. The highest BCUT2D eigenvalue weighted by atomic mass is 16.1. The van der Waals surface area contributed by atoms with Gasteiger partial charge >= 0.3 is 0 Å². The molecular formula is C13H22N2O. The van der Waals surface area contributed by atoms with Gasteiger partial charge in [0.25, 0.3) is 0 Å². The van der Waals surface area contributed by atoms with Gasteiger partial charge in [0.15, 0.2) is 0 Å². The first-order valence-corrected chi connectivity index (χ1v) is 6.63. The van der Waals surface area contributed by atoms with Crippen molar-refractivity contribution in [3.8, 4) is 0 Å². The van der Waals surface area contributed by atoms with Crippen molar-refractivity contribution in [1.29, 1.82) is 0 Å². The van der Waals surface area contributed by atoms with E-state index < -0.39 is 0 Å². The third kappa shape index (κ3) is 1.65. The van der Waals surface area contributed by atoms with Crippen molar-refractivity contribution in [3.63, 3.8) is 0 Å². The van der Waals surface area contributed by atoms with E-state index in [1.807, 2.05) is 6.92 Å². The Hall–Kier alpha value is -0.570. The van der Waals surface area contributed by atoms with Crippen LogP contribution in [-0.4, -0.2) is 17.5 Å². The minimum Gasteiger partial charge on any atom is -0.368 e. The molecule has 0 aromatic rings. The number of nitrogens with one attached hydrogen (secondary N) is 1. The fourth-order valence-corrected chi connectivity index (χ4v) is 4.82. The fraction of sp³-hybridized carbons (Fsp3) is 0.923. The summed E-state index contributed by atoms with van der Waals surface area (Å²) in [6.07, 6.45) is 8.13. The summed E-state index contributed by atoms with van der Waals surface area (Å²) in [4.78, 5) is 11.2. The second-order valence-corrected chi connectivity index (χ2v) is 6.47. The summed E-state index contributed by atoms with van der Waals surface area (Å²) in [6.45, 7) is 1.90. The lowest BCUT2D eigenvalue weighted by atomic mass is 9.53. The lowest BCUT2D eigenvalue weighted by molar-refractivity contribution is -0.121. The van der Waals surface area contributed by atoms with E-state index in [4.69, 9.17) is 5.73 Å². The van der Waals surface area contributed by atoms with Crippen LogP contribution in [0.1, 0.15) is 45.4 Å². The van der Waals surface area contributed by atoms with Gasteiger partial charge in [0.1, 0.15) is 0 Å². The van der Waals surface area contributed by atoms with E-state index in [1.165, 1.54) is 38.5 Å². The highest BCUT2D eigenvalue weighted by molar-refractivity contribution is 5.79. The van der Waals surface area contributed by atoms with Gasteiger partial charge < -0.3 is 11.1 Å². The monoisotopic (exact) mass is 222 g/mol. The minimum absolute atomic E-state index is 0.170. The molecule has 0 spiro atoms. The summed E-state index contributed by atoms with van der Waals surface area (Å²) >= 11 is 0. The van der Waals surface area contributed by atoms with Gasteiger partial charge in [-0.05, 0) is 63.2 Å². The van der Waals surface area contributed by atoms with Crippen LogP contribution < -0.4 is 11.1 Å². The van der Waals surface area contributed by atoms with Gasteiger partial charge in [0.05, 0.1) is 6.04 Å². The van der Waals surface area contributed by atoms with Crippen molar-refractivity contribution in [1.82, 2.24) is 5.32 Å². The summed E-state index contributed by atoms with van der Waals surface area (Å²) in [5.74, 6) is 2.53. The predicted octanol–water partition coefficient (Wildman–Crippen LogP) is 1.42. The lowest BCUT2D eigenvalue weighted by Gasteiger charge is -2.57. The number of carbonyl (C=O) groups excluding carboxylic acids is 1. The third-order valence-corrected chi connectivity index (χ3v) is 4.99. The second kappa shape index (κ2) is 3.46. The van der Waals surface area contributed by atoms with Crippen molar-refractivity contribution >= 4 is 5.91 Å². The molecule has 1 atom stereocenters. The Kier molecular flexibility index (Phi) is 2.29. The highest BCUT2D eigenvalue weighted by Crippen LogP contribution is 2.55. The lowest BCUT2D eigenvalue weighted by Crippen LogP contribution is -2.62. The van der Waals surface area contributed by atoms with Crippen LogP contribution in [0.25, 0.3) is 0 Å². The van der Waals surface area contributed by atoms with E-state index >= 15 is 0 Å². The molecule has 0 aliphatic heterocycles. The number of carbonyl (C=O) groups is 1. The number of hydrogen-bond donors (Lipinski definition) is 2. The molecule has 4 rings (SSSR count). The molecule has 0 unspecified atom stereocenters. The largest absolute Gasteiger partial charge is 0.368 e. The Morgan fingerprint density at radius 2 is 1.62 bits per heavy atom. The van der Waals surface area contributed by atoms with E-state index in [1.54, 1.807) is 0 Å². The molecular weight excluding hydrogens is 200 g/mol. The van der Waals surface area contributed by atoms with E-state index in [0.717, 1.165) is 17.8 Å². The average molecular weight is 222 g/mol. The molecule has 3 nitrogen and oxygen atoms in total. The molecule has 1 amide bonds. The molecule has 0 heterocycles. The SMILES string of the molecule is C[C@@H](NC12CC3CC(CC(C3)C1)C2)C(N)=O. The third-order valence-electron chi connectivity index (χ3n) is 4.99. The quantitative estimate of drug-likeness (QED) is 0.758. The van der Waals surface area contributed by atoms with Crippen molar-refractivity contribution in [2.24, 2.45) is 23.5 Å². The maximum absolute atomic E-state index is 11.2. The molecule has 3 N–H and O–H groups in total. The molecule has 90 valence electrons. The van der Waals surface area contributed by atoms with Gasteiger partial charge in [-0.1, -0.05) is 0 Å². The summed E-state index contributed by atoms with van der Waals surface area (Å²) < 4.78 is 0. The molecule has 4 saturated carbocycles. The number of rotatable bonds is 3. The molecule has 16 heavy (non-hydrogen) atoms. The predicted molar refractivity (Wildman–Crippen MR) is 62.7 cm³/mol. The fourth-order valence-electron chi connectivity index (χ4n) is 4.82. The van der Waals surface area contributed by atoms with Crippen LogP contribution in [0.2, 0.25) is 0 Å². The number of primary amides is 1. The van der Waals surface area contributed by atoms with E-state index in [0.29, 0.717) is 0 Å². The van der Waals surface area contributed by atoms with Crippen molar-refractivity contribution < 1.29 is 4.79 Å². The minimum atomic E-state index is -0.212. The van der Waals surface area contributed by atoms with Crippen LogP contribution >= 0.6 is 0 Å². The number of nitrogens with two attached hydrogens (primary N) is 1. The number of hydrogen-bond acceptors (Lipinski definition) is 2. The van der Waals surface area contributed by atoms with Gasteiger partial charge in [0.2, 0.25) is 5.91 Å². The summed E-state index contributed by atoms with van der Waals surface area (Å²) in [7, 11) is 0. The first kappa shape index (κ1) is 10.6. The van der Waals surface area contributed by atoms with Crippen LogP contribution in [0.15, 0.2) is 0 Å². The molecule has 0 radical (unpaired) electrons. The zero-order valence-corrected chi connectivity index (χ0v) is 10.0. The van der Waals surface area contributed by atoms with Crippen LogP contribution in [0.4, 0.5) is 0 Å². The van der Waals surface area contributed by atoms with Crippen LogP contribution in [0, 0.1) is 17.8 Å². The first-order chi connectivity index (χ1) is 7.56. The molecule has 3 heteroatoms. The average Bonchev–Trinajstić information content (AvgIpc) is 2.13. The molecule has 0 saturated heterocycles. The Bertz CT molecular complexity index is 278. The molecule has 4 fully saturated rings. The molecule has 0 aromatic carbocycles. The standard InChI is InChI=1S/C13H22N2O/c1-8(12(14)16)15-13-5-9-2-10(6-13)4-11(3-9)7-13/h8-11,15H,2-7H2,1H3,(H2,14,16)/t8-,9?,10?,11?,13?/m1/s1. The Morgan fingerprint density at radius 3 is 2.00 bits per heavy atom. The van der Waals surface area contributed by atoms with Gasteiger partial charge in [-0.3, -0.25) is 4.79 Å². The van der Waals surface area contributed by atoms with Gasteiger partial charge in [-0.25, -0.2) is 0 Å². The van der Waals surface area contributed by atoms with Crippen LogP contribution in [-0.2, 0) is 4.79 Å². The van der Waals surface area contributed by atoms with Gasteiger partial charge in [-0.15, -0.1) is 0 Å². The van der Waals surface area contributed by atoms with Crippen molar-refractivity contribution in [2.75, 3.05) is 0 Å². The first-order valence-electron chi connectivity index (χ1n) is 6.63. The highest BCUT2D eigenvalue weighted by Gasteiger charge is 2.51. The topological polar surface area (TPSA) is 55.1 Å². The van der Waals surface area contributed by atoms with Crippen molar-refractivity contribution in [2.45, 2.75) is 57.0 Å². The molecule has 4 bridgehead atoms. The zero-order chi connectivity index (χ0) is 11.3. The Labute approximate surface area is 97.2 Å². The zero-order valence-electron chi connectivity index (χ0n) is 10.0. The maximum atomic E-state index is 11.2. The Balaban J connectivity index is 1.76. The summed E-state index contributed by atoms with van der Waals surface area (Å²) in [6, 6.07) is -0.170. The maximum Gasteiger partial charge on any atom is 0.234 e. The number of amides is 1. The van der Waals surface area contributed by atoms with Gasteiger partial charge in [0, 0.05) is 5.54 Å². The molecule has 4 aliphatic carbocycles. The summed E-state index contributed by atoms with van der Waals surface area (Å²) in [5.41, 5.74) is 5.62. The van der Waals surface area contributed by atoms with E-state index in [-0.39, 0.29) is 17.5 Å². The van der Waals surface area contributed by atoms with E-state index in [9.17, 15) is 4.79 Å². The molecule has 4 aliphatic rings. The summed E-state index contributed by atoms with van der Waals surface area (Å²) in [5, 5.41) is 3.55. The van der Waals surface area contributed by atoms with Gasteiger partial charge in [-0.2, -0.15) is 0 Å².